The Morgan fingerprint density at radius 1 is 1.27 bits per heavy atom. The van der Waals surface area contributed by atoms with Gasteiger partial charge >= 0.3 is 21.3 Å². The highest BCUT2D eigenvalue weighted by Gasteiger charge is 2.50. The van der Waals surface area contributed by atoms with Crippen LogP contribution in [0, 0.1) is 10.1 Å². The molecule has 0 bridgehead atoms. The lowest BCUT2D eigenvalue weighted by molar-refractivity contribution is -0.384. The van der Waals surface area contributed by atoms with Gasteiger partial charge in [0, 0.05) is 6.20 Å². The maximum Gasteiger partial charge on any atom is 0.534 e. The zero-order chi connectivity index (χ0) is 19.7. The van der Waals surface area contributed by atoms with Crippen molar-refractivity contribution in [1.82, 2.24) is 25.0 Å². The summed E-state index contributed by atoms with van der Waals surface area (Å²) >= 11 is 0. The van der Waals surface area contributed by atoms with E-state index in [9.17, 15) is 31.7 Å². The summed E-state index contributed by atoms with van der Waals surface area (Å²) in [4.78, 5) is 13.9. The van der Waals surface area contributed by atoms with E-state index in [0.29, 0.717) is 0 Å². The number of nitro groups is 1. The van der Waals surface area contributed by atoms with Gasteiger partial charge in [0.15, 0.2) is 5.65 Å². The highest BCUT2D eigenvalue weighted by molar-refractivity contribution is 7.88. The van der Waals surface area contributed by atoms with Crippen molar-refractivity contribution in [3.63, 3.8) is 0 Å². The topological polar surface area (TPSA) is 142 Å². The zero-order valence-corrected chi connectivity index (χ0v) is 13.8. The molecule has 3 heterocycles. The Bertz CT molecular complexity index is 1080. The summed E-state index contributed by atoms with van der Waals surface area (Å²) in [6, 6.07) is 2.30. The van der Waals surface area contributed by atoms with Crippen molar-refractivity contribution < 1.29 is 30.7 Å². The molecule has 0 unspecified atom stereocenters. The second-order valence-corrected chi connectivity index (χ2v) is 5.74. The fourth-order valence-corrected chi connectivity index (χ4v) is 2.34. The maximum absolute atomic E-state index is 12.6. The molecule has 3 aromatic heterocycles. The summed E-state index contributed by atoms with van der Waals surface area (Å²) in [6.07, 6.45) is 1.21. The van der Waals surface area contributed by atoms with Crippen molar-refractivity contribution in [3.8, 4) is 5.75 Å². The van der Waals surface area contributed by atoms with Crippen molar-refractivity contribution in [2.24, 2.45) is 0 Å². The molecule has 15 heteroatoms. The van der Waals surface area contributed by atoms with Crippen LogP contribution in [0.15, 0.2) is 18.3 Å². The number of alkyl halides is 3. The van der Waals surface area contributed by atoms with Crippen LogP contribution in [0.25, 0.3) is 16.7 Å². The van der Waals surface area contributed by atoms with E-state index >= 15 is 0 Å². The van der Waals surface area contributed by atoms with Gasteiger partial charge in [-0.1, -0.05) is 13.8 Å². The van der Waals surface area contributed by atoms with Crippen molar-refractivity contribution in [2.75, 3.05) is 0 Å². The van der Waals surface area contributed by atoms with Crippen LogP contribution >= 0.6 is 0 Å². The molecule has 0 fully saturated rings. The third kappa shape index (κ3) is 3.07. The number of nitrogens with zero attached hydrogens (tertiary/aromatic N) is 6. The Morgan fingerprint density at radius 2 is 1.92 bits per heavy atom. The molecule has 0 saturated heterocycles. The molecular weight excluding hydrogens is 385 g/mol. The van der Waals surface area contributed by atoms with Gasteiger partial charge in [-0.2, -0.15) is 26.1 Å². The van der Waals surface area contributed by atoms with Crippen molar-refractivity contribution in [2.45, 2.75) is 19.4 Å². The van der Waals surface area contributed by atoms with Crippen LogP contribution in [0.3, 0.4) is 0 Å². The summed E-state index contributed by atoms with van der Waals surface area (Å²) in [6.45, 7) is 4.00. The highest BCUT2D eigenvalue weighted by Crippen LogP contribution is 2.40. The summed E-state index contributed by atoms with van der Waals surface area (Å²) in [7, 11) is -6.16. The number of rotatable bonds is 3. The number of pyridine rings is 2. The van der Waals surface area contributed by atoms with E-state index in [4.69, 9.17) is 0 Å². The SMILES string of the molecule is CC.O=[N+]([O-])c1c(OS(=O)(=O)C(F)(F)F)c2cccnc2n2nnnc12. The fourth-order valence-electron chi connectivity index (χ4n) is 1.86. The number of halogens is 3. The number of aromatic nitrogens is 5. The van der Waals surface area contributed by atoms with E-state index in [-0.39, 0.29) is 5.65 Å². The molecule has 0 atom stereocenters. The molecule has 0 N–H and O–H groups in total. The number of fused-ring (bicyclic) bond motifs is 3. The zero-order valence-electron chi connectivity index (χ0n) is 13.0. The minimum absolute atomic E-state index is 0.226. The summed E-state index contributed by atoms with van der Waals surface area (Å²) < 4.78 is 65.0. The van der Waals surface area contributed by atoms with E-state index in [2.05, 4.69) is 24.7 Å². The van der Waals surface area contributed by atoms with Gasteiger partial charge in [0.2, 0.25) is 5.75 Å². The predicted molar refractivity (Wildman–Crippen MR) is 79.7 cm³/mol. The molecule has 26 heavy (non-hydrogen) atoms. The van der Waals surface area contributed by atoms with Gasteiger partial charge in [-0.15, -0.1) is 5.10 Å². The first-order valence-corrected chi connectivity index (χ1v) is 8.18. The maximum atomic E-state index is 12.6. The van der Waals surface area contributed by atoms with Crippen LogP contribution < -0.4 is 4.18 Å². The quantitative estimate of drug-likeness (QED) is 0.281. The van der Waals surface area contributed by atoms with Gasteiger partial charge in [0.25, 0.3) is 5.65 Å². The molecule has 0 saturated carbocycles. The van der Waals surface area contributed by atoms with Crippen molar-refractivity contribution in [1.29, 1.82) is 0 Å². The summed E-state index contributed by atoms with van der Waals surface area (Å²) in [5.74, 6) is -1.18. The average Bonchev–Trinajstić information content (AvgIpc) is 3.04. The second kappa shape index (κ2) is 6.66. The third-order valence-electron chi connectivity index (χ3n) is 2.79. The standard InChI is InChI=1S/C9H3F3N6O5S.C2H6/c10-9(11,12)24(21,22)23-6-4-2-1-3-13-7(4)17-8(14-15-16-17)5(6)18(19)20;1-2/h1-3H;1-2H3. The van der Waals surface area contributed by atoms with E-state index in [1.54, 1.807) is 0 Å². The molecule has 3 rings (SSSR count). The van der Waals surface area contributed by atoms with Gasteiger partial charge < -0.3 is 4.18 Å². The highest BCUT2D eigenvalue weighted by atomic mass is 32.2. The molecule has 0 radical (unpaired) electrons. The van der Waals surface area contributed by atoms with Crippen molar-refractivity contribution >= 4 is 32.5 Å². The number of tetrazole rings is 1. The third-order valence-corrected chi connectivity index (χ3v) is 3.74. The fraction of sp³-hybridized carbons (Fsp3) is 0.273. The van der Waals surface area contributed by atoms with Crippen LogP contribution in [-0.4, -0.2) is 43.9 Å². The second-order valence-electron chi connectivity index (χ2n) is 4.21. The largest absolute Gasteiger partial charge is 0.534 e. The molecule has 0 aliphatic carbocycles. The van der Waals surface area contributed by atoms with E-state index in [1.165, 1.54) is 12.3 Å². The predicted octanol–water partition coefficient (Wildman–Crippen LogP) is 1.84. The molecule has 140 valence electrons. The van der Waals surface area contributed by atoms with Crippen LogP contribution in [0.4, 0.5) is 18.9 Å². The minimum atomic E-state index is -6.16. The monoisotopic (exact) mass is 394 g/mol. The lowest BCUT2D eigenvalue weighted by Gasteiger charge is -2.11. The van der Waals surface area contributed by atoms with E-state index < -0.39 is 43.0 Å². The van der Waals surface area contributed by atoms with Crippen LogP contribution in [0.5, 0.6) is 5.75 Å². The smallest absolute Gasteiger partial charge is 0.368 e. The Balaban J connectivity index is 0.00000117. The van der Waals surface area contributed by atoms with Gasteiger partial charge in [-0.3, -0.25) is 10.1 Å². The van der Waals surface area contributed by atoms with Gasteiger partial charge in [0.1, 0.15) is 0 Å². The molecule has 0 aliphatic rings. The summed E-state index contributed by atoms with van der Waals surface area (Å²) in [5, 5.41) is 20.8. The van der Waals surface area contributed by atoms with Gasteiger partial charge in [-0.25, -0.2) is 4.98 Å². The molecular formula is C11H9F3N6O5S. The minimum Gasteiger partial charge on any atom is -0.368 e. The summed E-state index contributed by atoms with van der Waals surface area (Å²) in [5.41, 5.74) is -7.78. The van der Waals surface area contributed by atoms with Crippen LogP contribution in [0.2, 0.25) is 0 Å². The van der Waals surface area contributed by atoms with Crippen LogP contribution in [-0.2, 0) is 10.1 Å². The van der Waals surface area contributed by atoms with E-state index in [0.717, 1.165) is 10.6 Å². The molecule has 11 nitrogen and oxygen atoms in total. The molecule has 3 aromatic rings. The van der Waals surface area contributed by atoms with Gasteiger partial charge in [-0.05, 0) is 22.6 Å². The number of hydrogen-bond donors (Lipinski definition) is 0. The molecule has 0 amide bonds. The Morgan fingerprint density at radius 3 is 2.50 bits per heavy atom. The first-order chi connectivity index (χ1) is 12.1. The first kappa shape index (κ1) is 19.2. The Hall–Kier alpha value is -3.10. The average molecular weight is 394 g/mol. The Kier molecular flexibility index (Phi) is 4.93. The molecule has 0 aromatic carbocycles. The van der Waals surface area contributed by atoms with Crippen molar-refractivity contribution in [3.05, 3.63) is 28.4 Å². The van der Waals surface area contributed by atoms with Crippen LogP contribution in [0.1, 0.15) is 13.8 Å². The lowest BCUT2D eigenvalue weighted by Crippen LogP contribution is -2.28. The Labute approximate surface area is 142 Å². The normalized spacial score (nSPS) is 11.9. The number of hydrogen-bond acceptors (Lipinski definition) is 9. The van der Waals surface area contributed by atoms with Gasteiger partial charge in [0.05, 0.1) is 10.3 Å². The molecule has 0 spiro atoms. The van der Waals surface area contributed by atoms with E-state index in [1.807, 2.05) is 13.8 Å². The first-order valence-electron chi connectivity index (χ1n) is 6.77. The lowest BCUT2D eigenvalue weighted by atomic mass is 10.2. The molecule has 0 aliphatic heterocycles.